The molecule has 2 aromatic carbocycles. The van der Waals surface area contributed by atoms with E-state index in [0.29, 0.717) is 17.3 Å². The van der Waals surface area contributed by atoms with Crippen molar-refractivity contribution in [3.05, 3.63) is 75.7 Å². The number of hydrazone groups is 1. The summed E-state index contributed by atoms with van der Waals surface area (Å²) in [6.07, 6.45) is 1.61. The van der Waals surface area contributed by atoms with Crippen LogP contribution in [0, 0.1) is 11.6 Å². The average Bonchev–Trinajstić information content (AvgIpc) is 2.71. The highest BCUT2D eigenvalue weighted by atomic mass is 19.1. The van der Waals surface area contributed by atoms with E-state index in [1.165, 1.54) is 17.7 Å². The highest BCUT2D eigenvalue weighted by Gasteiger charge is 2.16. The van der Waals surface area contributed by atoms with Crippen LogP contribution in [0.5, 0.6) is 0 Å². The summed E-state index contributed by atoms with van der Waals surface area (Å²) in [5.41, 5.74) is 2.36. The Kier molecular flexibility index (Phi) is 6.11. The highest BCUT2D eigenvalue weighted by molar-refractivity contribution is 6.06. The van der Waals surface area contributed by atoms with Gasteiger partial charge in [0.15, 0.2) is 5.69 Å². The number of benzene rings is 2. The standard InChI is InChI=1S/C21H20F2N4O2/c1-3-4-11-27-21(29)17-8-6-5-7-16(17)19(26-27)20(28)25-24-13(2)15-10-9-14(22)12-18(15)23/h5-10,12H,3-4,11H2,1-2H3,(H,25,28)/b24-13-. The average molecular weight is 398 g/mol. The second-order valence-electron chi connectivity index (χ2n) is 6.54. The number of nitrogens with one attached hydrogen (secondary N) is 1. The maximum absolute atomic E-state index is 13.9. The quantitative estimate of drug-likeness (QED) is 0.509. The summed E-state index contributed by atoms with van der Waals surface area (Å²) in [7, 11) is 0. The van der Waals surface area contributed by atoms with Gasteiger partial charge in [-0.05, 0) is 31.5 Å². The van der Waals surface area contributed by atoms with Gasteiger partial charge in [0.25, 0.3) is 11.5 Å². The zero-order chi connectivity index (χ0) is 21.0. The number of amides is 1. The lowest BCUT2D eigenvalue weighted by atomic mass is 10.1. The number of hydrogen-bond donors (Lipinski definition) is 1. The Bertz CT molecular complexity index is 1160. The summed E-state index contributed by atoms with van der Waals surface area (Å²) in [4.78, 5) is 25.3. The third-order valence-corrected chi connectivity index (χ3v) is 4.45. The number of halogens is 2. The molecule has 3 aromatic rings. The van der Waals surface area contributed by atoms with Crippen LogP contribution in [0.25, 0.3) is 10.8 Å². The molecule has 0 atom stereocenters. The van der Waals surface area contributed by atoms with E-state index in [-0.39, 0.29) is 22.5 Å². The lowest BCUT2D eigenvalue weighted by molar-refractivity contribution is 0.0949. The fraction of sp³-hybridized carbons (Fsp3) is 0.238. The van der Waals surface area contributed by atoms with Crippen molar-refractivity contribution in [3.8, 4) is 0 Å². The van der Waals surface area contributed by atoms with Gasteiger partial charge in [0, 0.05) is 23.6 Å². The number of hydrogen-bond acceptors (Lipinski definition) is 4. The zero-order valence-corrected chi connectivity index (χ0v) is 16.1. The predicted molar refractivity (Wildman–Crippen MR) is 107 cm³/mol. The number of aromatic nitrogens is 2. The summed E-state index contributed by atoms with van der Waals surface area (Å²) < 4.78 is 28.2. The van der Waals surface area contributed by atoms with Gasteiger partial charge in [-0.25, -0.2) is 18.9 Å². The topological polar surface area (TPSA) is 76.3 Å². The maximum atomic E-state index is 13.9. The molecule has 0 aliphatic heterocycles. The van der Waals surface area contributed by atoms with Crippen LogP contribution in [0.1, 0.15) is 42.7 Å². The number of rotatable bonds is 6. The Labute approximate surface area is 165 Å². The third kappa shape index (κ3) is 4.37. The Morgan fingerprint density at radius 1 is 1.17 bits per heavy atom. The second kappa shape index (κ2) is 8.72. The van der Waals surface area contributed by atoms with Crippen molar-refractivity contribution in [1.82, 2.24) is 15.2 Å². The molecule has 0 unspecified atom stereocenters. The largest absolute Gasteiger partial charge is 0.292 e. The number of unbranched alkanes of at least 4 members (excludes halogenated alkanes) is 1. The minimum atomic E-state index is -0.780. The van der Waals surface area contributed by atoms with Gasteiger partial charge in [-0.2, -0.15) is 10.2 Å². The Hall–Kier alpha value is -3.42. The molecule has 0 aliphatic rings. The van der Waals surface area contributed by atoms with Crippen LogP contribution in [0.4, 0.5) is 8.78 Å². The van der Waals surface area contributed by atoms with Gasteiger partial charge in [-0.1, -0.05) is 31.5 Å². The molecule has 150 valence electrons. The molecule has 0 saturated carbocycles. The first-order valence-corrected chi connectivity index (χ1v) is 9.22. The molecular formula is C21H20F2N4O2. The van der Waals surface area contributed by atoms with E-state index in [4.69, 9.17) is 0 Å². The van der Waals surface area contributed by atoms with Crippen LogP contribution in [0.15, 0.2) is 52.4 Å². The lowest BCUT2D eigenvalue weighted by Crippen LogP contribution is -2.29. The minimum Gasteiger partial charge on any atom is -0.267 e. The van der Waals surface area contributed by atoms with Crippen molar-refractivity contribution >= 4 is 22.4 Å². The highest BCUT2D eigenvalue weighted by Crippen LogP contribution is 2.14. The van der Waals surface area contributed by atoms with Crippen molar-refractivity contribution in [2.45, 2.75) is 33.2 Å². The fourth-order valence-electron chi connectivity index (χ4n) is 2.89. The van der Waals surface area contributed by atoms with Crippen molar-refractivity contribution in [3.63, 3.8) is 0 Å². The van der Waals surface area contributed by atoms with Gasteiger partial charge < -0.3 is 0 Å². The Morgan fingerprint density at radius 3 is 2.59 bits per heavy atom. The van der Waals surface area contributed by atoms with E-state index >= 15 is 0 Å². The molecule has 1 aromatic heterocycles. The fourth-order valence-corrected chi connectivity index (χ4v) is 2.89. The van der Waals surface area contributed by atoms with Crippen LogP contribution in [-0.2, 0) is 6.54 Å². The number of aryl methyl sites for hydroxylation is 1. The monoisotopic (exact) mass is 398 g/mol. The molecule has 6 nitrogen and oxygen atoms in total. The molecule has 0 spiro atoms. The molecule has 1 amide bonds. The molecule has 0 aliphatic carbocycles. The van der Waals surface area contributed by atoms with Gasteiger partial charge in [-0.15, -0.1) is 0 Å². The summed E-state index contributed by atoms with van der Waals surface area (Å²) in [5, 5.41) is 8.92. The Morgan fingerprint density at radius 2 is 1.90 bits per heavy atom. The van der Waals surface area contributed by atoms with Crippen molar-refractivity contribution < 1.29 is 13.6 Å². The molecule has 0 bridgehead atoms. The predicted octanol–water partition coefficient (Wildman–Crippen LogP) is 3.63. The van der Waals surface area contributed by atoms with Gasteiger partial charge in [0.05, 0.1) is 11.1 Å². The molecular weight excluding hydrogens is 378 g/mol. The number of carbonyl (C=O) groups excluding carboxylic acids is 1. The van der Waals surface area contributed by atoms with Gasteiger partial charge in [0.1, 0.15) is 11.6 Å². The molecule has 8 heteroatoms. The molecule has 29 heavy (non-hydrogen) atoms. The lowest BCUT2D eigenvalue weighted by Gasteiger charge is -2.10. The van der Waals surface area contributed by atoms with Crippen LogP contribution < -0.4 is 11.0 Å². The van der Waals surface area contributed by atoms with Crippen molar-refractivity contribution in [1.29, 1.82) is 0 Å². The van der Waals surface area contributed by atoms with Crippen LogP contribution in [0.2, 0.25) is 0 Å². The molecule has 0 saturated heterocycles. The smallest absolute Gasteiger partial charge is 0.267 e. The SMILES string of the molecule is CCCCn1nc(C(=O)N/N=C(/C)c2ccc(F)cc2F)c2ccccc2c1=O. The van der Waals surface area contributed by atoms with Crippen LogP contribution in [0.3, 0.4) is 0 Å². The summed E-state index contributed by atoms with van der Waals surface area (Å²) in [5.74, 6) is -2.11. The first-order chi connectivity index (χ1) is 13.9. The van der Waals surface area contributed by atoms with Crippen molar-refractivity contribution in [2.75, 3.05) is 0 Å². The van der Waals surface area contributed by atoms with E-state index < -0.39 is 17.5 Å². The Balaban J connectivity index is 1.96. The van der Waals surface area contributed by atoms with E-state index in [0.717, 1.165) is 25.0 Å². The second-order valence-corrected chi connectivity index (χ2v) is 6.54. The van der Waals surface area contributed by atoms with Gasteiger partial charge >= 0.3 is 0 Å². The molecule has 1 heterocycles. The summed E-state index contributed by atoms with van der Waals surface area (Å²) >= 11 is 0. The number of fused-ring (bicyclic) bond motifs is 1. The van der Waals surface area contributed by atoms with E-state index in [9.17, 15) is 18.4 Å². The molecule has 0 radical (unpaired) electrons. The maximum Gasteiger partial charge on any atom is 0.292 e. The van der Waals surface area contributed by atoms with Crippen LogP contribution >= 0.6 is 0 Å². The first-order valence-electron chi connectivity index (χ1n) is 9.22. The summed E-state index contributed by atoms with van der Waals surface area (Å²) in [6, 6.07) is 9.80. The normalized spacial score (nSPS) is 11.7. The number of nitrogens with zero attached hydrogens (tertiary/aromatic N) is 3. The van der Waals surface area contributed by atoms with Crippen LogP contribution in [-0.4, -0.2) is 21.4 Å². The van der Waals surface area contributed by atoms with Gasteiger partial charge in [0.2, 0.25) is 0 Å². The van der Waals surface area contributed by atoms with E-state index in [1.54, 1.807) is 24.3 Å². The van der Waals surface area contributed by atoms with Crippen molar-refractivity contribution in [2.24, 2.45) is 5.10 Å². The number of carbonyl (C=O) groups is 1. The minimum absolute atomic E-state index is 0.0485. The molecule has 0 fully saturated rings. The molecule has 3 rings (SSSR count). The van der Waals surface area contributed by atoms with Gasteiger partial charge in [-0.3, -0.25) is 9.59 Å². The first kappa shape index (κ1) is 20.3. The zero-order valence-electron chi connectivity index (χ0n) is 16.1. The van der Waals surface area contributed by atoms with E-state index in [1.807, 2.05) is 6.92 Å². The summed E-state index contributed by atoms with van der Waals surface area (Å²) in [6.45, 7) is 3.87. The van der Waals surface area contributed by atoms with E-state index in [2.05, 4.69) is 15.6 Å². The third-order valence-electron chi connectivity index (χ3n) is 4.45. The molecule has 1 N–H and O–H groups in total.